The summed E-state index contributed by atoms with van der Waals surface area (Å²) in [7, 11) is 0. The van der Waals surface area contributed by atoms with Gasteiger partial charge < -0.3 is 10.4 Å². The molecule has 2 N–H and O–H groups in total. The summed E-state index contributed by atoms with van der Waals surface area (Å²) in [4.78, 5) is 23.0. The summed E-state index contributed by atoms with van der Waals surface area (Å²) in [6.45, 7) is 0. The third kappa shape index (κ3) is 3.35. The van der Waals surface area contributed by atoms with Gasteiger partial charge in [0.15, 0.2) is 0 Å². The second-order valence-corrected chi connectivity index (χ2v) is 5.05. The minimum absolute atomic E-state index is 0.0803. The van der Waals surface area contributed by atoms with Gasteiger partial charge in [0, 0.05) is 11.6 Å². The van der Waals surface area contributed by atoms with Gasteiger partial charge in [0.1, 0.15) is 0 Å². The van der Waals surface area contributed by atoms with Crippen LogP contribution in [0, 0.1) is 17.2 Å². The lowest BCUT2D eigenvalue weighted by Crippen LogP contribution is -2.33. The number of benzene rings is 1. The molecule has 0 unspecified atom stereocenters. The van der Waals surface area contributed by atoms with Gasteiger partial charge in [0.2, 0.25) is 0 Å². The Morgan fingerprint density at radius 3 is 2.85 bits per heavy atom. The molecule has 5 nitrogen and oxygen atoms in total. The Labute approximate surface area is 117 Å². The number of nitrogens with zero attached hydrogens (tertiary/aromatic N) is 1. The molecule has 0 heterocycles. The molecule has 1 aliphatic carbocycles. The van der Waals surface area contributed by atoms with E-state index in [0.29, 0.717) is 24.8 Å². The Morgan fingerprint density at radius 2 is 2.20 bits per heavy atom. The highest BCUT2D eigenvalue weighted by molar-refractivity contribution is 5.94. The van der Waals surface area contributed by atoms with E-state index < -0.39 is 5.97 Å². The molecule has 1 aromatic rings. The maximum absolute atomic E-state index is 12.1. The van der Waals surface area contributed by atoms with Crippen molar-refractivity contribution in [2.45, 2.75) is 31.7 Å². The first-order chi connectivity index (χ1) is 9.60. The van der Waals surface area contributed by atoms with Crippen LogP contribution in [0.25, 0.3) is 0 Å². The van der Waals surface area contributed by atoms with Crippen LogP contribution in [0.15, 0.2) is 24.3 Å². The molecular weight excluding hydrogens is 256 g/mol. The molecule has 0 bridgehead atoms. The van der Waals surface area contributed by atoms with Crippen LogP contribution in [0.2, 0.25) is 0 Å². The van der Waals surface area contributed by atoms with Crippen molar-refractivity contribution in [3.05, 3.63) is 35.4 Å². The van der Waals surface area contributed by atoms with Crippen LogP contribution >= 0.6 is 0 Å². The average molecular weight is 272 g/mol. The van der Waals surface area contributed by atoms with E-state index in [-0.39, 0.29) is 24.3 Å². The van der Waals surface area contributed by atoms with Crippen molar-refractivity contribution in [2.75, 3.05) is 0 Å². The van der Waals surface area contributed by atoms with Crippen LogP contribution in [0.4, 0.5) is 0 Å². The second-order valence-electron chi connectivity index (χ2n) is 5.05. The van der Waals surface area contributed by atoms with Gasteiger partial charge in [-0.3, -0.25) is 9.59 Å². The molecule has 104 valence electrons. The Kier molecular flexibility index (Phi) is 4.36. The summed E-state index contributed by atoms with van der Waals surface area (Å²) in [5.74, 6) is -1.36. The number of carboxylic acids is 1. The third-order valence-corrected chi connectivity index (χ3v) is 3.59. The molecule has 1 saturated carbocycles. The van der Waals surface area contributed by atoms with Gasteiger partial charge in [-0.15, -0.1) is 0 Å². The lowest BCUT2D eigenvalue weighted by Gasteiger charge is -2.12. The largest absolute Gasteiger partial charge is 0.481 e. The van der Waals surface area contributed by atoms with Gasteiger partial charge in [-0.05, 0) is 37.0 Å². The summed E-state index contributed by atoms with van der Waals surface area (Å²) in [5, 5.41) is 20.5. The van der Waals surface area contributed by atoms with Crippen molar-refractivity contribution in [3.8, 4) is 6.07 Å². The van der Waals surface area contributed by atoms with E-state index in [9.17, 15) is 9.59 Å². The van der Waals surface area contributed by atoms with E-state index in [1.165, 1.54) is 0 Å². The van der Waals surface area contributed by atoms with Crippen molar-refractivity contribution in [3.63, 3.8) is 0 Å². The Bertz CT molecular complexity index is 562. The first-order valence-corrected chi connectivity index (χ1v) is 6.59. The molecule has 20 heavy (non-hydrogen) atoms. The number of rotatable bonds is 4. The van der Waals surface area contributed by atoms with Crippen molar-refractivity contribution in [1.82, 2.24) is 5.32 Å². The molecule has 2 atom stereocenters. The molecule has 1 fully saturated rings. The predicted molar refractivity (Wildman–Crippen MR) is 72.0 cm³/mol. The van der Waals surface area contributed by atoms with Crippen molar-refractivity contribution in [2.24, 2.45) is 5.92 Å². The first-order valence-electron chi connectivity index (χ1n) is 6.59. The summed E-state index contributed by atoms with van der Waals surface area (Å²) < 4.78 is 0. The van der Waals surface area contributed by atoms with Gasteiger partial charge >= 0.3 is 5.97 Å². The summed E-state index contributed by atoms with van der Waals surface area (Å²) in [6.07, 6.45) is 2.06. The van der Waals surface area contributed by atoms with E-state index in [0.717, 1.165) is 5.56 Å². The number of hydrogen-bond donors (Lipinski definition) is 2. The molecule has 5 heteroatoms. The molecule has 1 amide bonds. The molecule has 0 radical (unpaired) electrons. The predicted octanol–water partition coefficient (Wildman–Crippen LogP) is 1.74. The topological polar surface area (TPSA) is 90.2 Å². The number of carboxylic acid groups (broad SMARTS) is 1. The van der Waals surface area contributed by atoms with Gasteiger partial charge in [-0.2, -0.15) is 5.26 Å². The Balaban J connectivity index is 1.97. The maximum Gasteiger partial charge on any atom is 0.306 e. The van der Waals surface area contributed by atoms with Crippen LogP contribution in [0.5, 0.6) is 0 Å². The smallest absolute Gasteiger partial charge is 0.306 e. The first kappa shape index (κ1) is 14.1. The van der Waals surface area contributed by atoms with E-state index in [1.807, 2.05) is 6.07 Å². The quantitative estimate of drug-likeness (QED) is 0.873. The van der Waals surface area contributed by atoms with E-state index in [1.54, 1.807) is 24.3 Å². The third-order valence-electron chi connectivity index (χ3n) is 3.59. The van der Waals surface area contributed by atoms with Crippen LogP contribution in [-0.2, 0) is 11.2 Å². The molecule has 0 saturated heterocycles. The molecule has 1 aromatic carbocycles. The fourth-order valence-electron chi connectivity index (χ4n) is 2.52. The van der Waals surface area contributed by atoms with Gasteiger partial charge in [0.25, 0.3) is 5.91 Å². The number of amides is 1. The lowest BCUT2D eigenvalue weighted by atomic mass is 10.1. The Morgan fingerprint density at radius 1 is 1.40 bits per heavy atom. The highest BCUT2D eigenvalue weighted by Crippen LogP contribution is 2.25. The summed E-state index contributed by atoms with van der Waals surface area (Å²) in [6, 6.07) is 8.90. The number of carbonyl (C=O) groups is 2. The fourth-order valence-corrected chi connectivity index (χ4v) is 2.52. The van der Waals surface area contributed by atoms with E-state index >= 15 is 0 Å². The Hall–Kier alpha value is -2.35. The van der Waals surface area contributed by atoms with Crippen LogP contribution in [0.3, 0.4) is 0 Å². The zero-order valence-electron chi connectivity index (χ0n) is 11.0. The normalized spacial score (nSPS) is 21.1. The minimum Gasteiger partial charge on any atom is -0.481 e. The number of aliphatic carboxylic acids is 1. The van der Waals surface area contributed by atoms with Crippen molar-refractivity contribution >= 4 is 11.9 Å². The zero-order chi connectivity index (χ0) is 14.5. The molecule has 2 rings (SSSR count). The monoisotopic (exact) mass is 272 g/mol. The lowest BCUT2D eigenvalue weighted by molar-refractivity contribution is -0.141. The zero-order valence-corrected chi connectivity index (χ0v) is 11.0. The summed E-state index contributed by atoms with van der Waals surface area (Å²) in [5.41, 5.74) is 1.31. The highest BCUT2D eigenvalue weighted by Gasteiger charge is 2.30. The van der Waals surface area contributed by atoms with Crippen LogP contribution in [-0.4, -0.2) is 23.0 Å². The number of hydrogen-bond acceptors (Lipinski definition) is 3. The summed E-state index contributed by atoms with van der Waals surface area (Å²) >= 11 is 0. The number of carbonyl (C=O) groups excluding carboxylic acids is 1. The van der Waals surface area contributed by atoms with Crippen molar-refractivity contribution < 1.29 is 14.7 Å². The van der Waals surface area contributed by atoms with Crippen LogP contribution in [0.1, 0.15) is 35.2 Å². The van der Waals surface area contributed by atoms with Gasteiger partial charge in [0.05, 0.1) is 18.4 Å². The van der Waals surface area contributed by atoms with Gasteiger partial charge in [-0.25, -0.2) is 0 Å². The standard InChI is InChI=1S/C15H16N2O3/c16-7-6-10-2-1-3-11(8-10)14(18)17-13-5-4-12(9-13)15(19)20/h1-3,8,12-13H,4-6,9H2,(H,17,18)(H,19,20)/t12-,13+/m0/s1. The molecule has 0 aromatic heterocycles. The molecular formula is C15H16N2O3. The molecule has 0 spiro atoms. The van der Waals surface area contributed by atoms with Gasteiger partial charge in [-0.1, -0.05) is 12.1 Å². The second kappa shape index (κ2) is 6.20. The van der Waals surface area contributed by atoms with E-state index in [2.05, 4.69) is 5.32 Å². The van der Waals surface area contributed by atoms with Crippen LogP contribution < -0.4 is 5.32 Å². The average Bonchev–Trinajstić information content (AvgIpc) is 2.88. The van der Waals surface area contributed by atoms with Crippen molar-refractivity contribution in [1.29, 1.82) is 5.26 Å². The molecule has 1 aliphatic rings. The van der Waals surface area contributed by atoms with E-state index in [4.69, 9.17) is 10.4 Å². The number of nitriles is 1. The highest BCUT2D eigenvalue weighted by atomic mass is 16.4. The maximum atomic E-state index is 12.1. The minimum atomic E-state index is -0.794. The number of nitrogens with one attached hydrogen (secondary N) is 1. The molecule has 0 aliphatic heterocycles. The fraction of sp³-hybridized carbons (Fsp3) is 0.400. The SMILES string of the molecule is N#CCc1cccc(C(=O)N[C@@H]2CC[C@H](C(=O)O)C2)c1.